The van der Waals surface area contributed by atoms with Crippen molar-refractivity contribution in [1.82, 2.24) is 14.8 Å². The highest BCUT2D eigenvalue weighted by atomic mass is 32.1. The van der Waals surface area contributed by atoms with Gasteiger partial charge in [0, 0.05) is 28.9 Å². The maximum Gasteiger partial charge on any atom is 0.355 e. The average molecular weight is 378 g/mol. The molecule has 27 heavy (non-hydrogen) atoms. The van der Waals surface area contributed by atoms with Gasteiger partial charge in [-0.05, 0) is 18.2 Å². The molecule has 2 aromatic carbocycles. The minimum atomic E-state index is -1.09. The van der Waals surface area contributed by atoms with Crippen molar-refractivity contribution in [2.45, 2.75) is 6.92 Å². The number of carboxylic acids is 1. The highest BCUT2D eigenvalue weighted by molar-refractivity contribution is 7.12. The summed E-state index contributed by atoms with van der Waals surface area (Å²) >= 11 is 1.20. The van der Waals surface area contributed by atoms with E-state index in [1.54, 1.807) is 10.7 Å². The maximum absolute atomic E-state index is 11.4. The van der Waals surface area contributed by atoms with Crippen LogP contribution in [0.25, 0.3) is 27.3 Å². The SMILES string of the molecule is CC(=O)Nc1ccc2c(-c3ccccc3)nn(-c3nc(C(=O)O)cs3)c2c1. The minimum Gasteiger partial charge on any atom is -0.476 e. The van der Waals surface area contributed by atoms with Gasteiger partial charge in [0.15, 0.2) is 5.69 Å². The van der Waals surface area contributed by atoms with Crippen LogP contribution in [0.2, 0.25) is 0 Å². The molecule has 7 nitrogen and oxygen atoms in total. The van der Waals surface area contributed by atoms with E-state index in [1.807, 2.05) is 42.5 Å². The van der Waals surface area contributed by atoms with Crippen molar-refractivity contribution in [1.29, 1.82) is 0 Å². The first kappa shape index (κ1) is 16.9. The Labute approximate surface area is 157 Å². The van der Waals surface area contributed by atoms with E-state index in [-0.39, 0.29) is 11.6 Å². The largest absolute Gasteiger partial charge is 0.476 e. The number of carbonyl (C=O) groups excluding carboxylic acids is 1. The Morgan fingerprint density at radius 1 is 1.15 bits per heavy atom. The fourth-order valence-electron chi connectivity index (χ4n) is 2.81. The van der Waals surface area contributed by atoms with Gasteiger partial charge in [-0.25, -0.2) is 14.5 Å². The normalized spacial score (nSPS) is 10.9. The van der Waals surface area contributed by atoms with Crippen molar-refractivity contribution in [3.05, 3.63) is 59.6 Å². The molecular weight excluding hydrogens is 364 g/mol. The predicted octanol–water partition coefficient (Wildman–Crippen LogP) is 3.81. The van der Waals surface area contributed by atoms with Crippen molar-refractivity contribution in [2.75, 3.05) is 5.32 Å². The molecule has 0 aliphatic carbocycles. The highest BCUT2D eigenvalue weighted by Gasteiger charge is 2.18. The number of benzene rings is 2. The van der Waals surface area contributed by atoms with Gasteiger partial charge in [-0.15, -0.1) is 11.3 Å². The van der Waals surface area contributed by atoms with E-state index in [4.69, 9.17) is 5.11 Å². The van der Waals surface area contributed by atoms with E-state index in [1.165, 1.54) is 23.6 Å². The van der Waals surface area contributed by atoms with Crippen LogP contribution in [0.4, 0.5) is 5.69 Å². The zero-order valence-electron chi connectivity index (χ0n) is 14.2. The second-order valence-electron chi connectivity index (χ2n) is 5.86. The van der Waals surface area contributed by atoms with E-state index in [0.29, 0.717) is 10.8 Å². The number of hydrogen-bond acceptors (Lipinski definition) is 5. The molecule has 0 spiro atoms. The maximum atomic E-state index is 11.4. The van der Waals surface area contributed by atoms with Crippen LogP contribution < -0.4 is 5.32 Å². The monoisotopic (exact) mass is 378 g/mol. The van der Waals surface area contributed by atoms with Crippen LogP contribution in [0.15, 0.2) is 53.9 Å². The van der Waals surface area contributed by atoms with E-state index in [9.17, 15) is 9.59 Å². The lowest BCUT2D eigenvalue weighted by molar-refractivity contribution is -0.114. The van der Waals surface area contributed by atoms with Crippen LogP contribution in [-0.4, -0.2) is 31.7 Å². The van der Waals surface area contributed by atoms with Crippen molar-refractivity contribution >= 4 is 39.8 Å². The Hall–Kier alpha value is -3.52. The number of thiazole rings is 1. The summed E-state index contributed by atoms with van der Waals surface area (Å²) in [4.78, 5) is 26.7. The van der Waals surface area contributed by atoms with Crippen molar-refractivity contribution in [3.8, 4) is 16.4 Å². The molecule has 0 aliphatic rings. The first-order chi connectivity index (χ1) is 13.0. The topological polar surface area (TPSA) is 97.1 Å². The molecule has 2 aromatic heterocycles. The second kappa shape index (κ2) is 6.65. The number of fused-ring (bicyclic) bond motifs is 1. The molecule has 4 rings (SSSR count). The van der Waals surface area contributed by atoms with Gasteiger partial charge >= 0.3 is 5.97 Å². The molecule has 0 fully saturated rings. The standard InChI is InChI=1S/C19H14N4O3S/c1-11(24)20-13-7-8-14-16(9-13)23(19-21-15(10-27-19)18(25)26)22-17(14)12-5-3-2-4-6-12/h2-10H,1H3,(H,20,24)(H,25,26). The Morgan fingerprint density at radius 3 is 2.59 bits per heavy atom. The quantitative estimate of drug-likeness (QED) is 0.563. The van der Waals surface area contributed by atoms with E-state index >= 15 is 0 Å². The van der Waals surface area contributed by atoms with Crippen LogP contribution in [0.1, 0.15) is 17.4 Å². The summed E-state index contributed by atoms with van der Waals surface area (Å²) in [5.74, 6) is -1.26. The fourth-order valence-corrected chi connectivity index (χ4v) is 3.57. The van der Waals surface area contributed by atoms with E-state index in [0.717, 1.165) is 22.2 Å². The average Bonchev–Trinajstić information content (AvgIpc) is 3.26. The third kappa shape index (κ3) is 3.18. The zero-order valence-corrected chi connectivity index (χ0v) is 15.0. The number of carbonyl (C=O) groups is 2. The number of nitrogens with zero attached hydrogens (tertiary/aromatic N) is 3. The highest BCUT2D eigenvalue weighted by Crippen LogP contribution is 2.32. The van der Waals surface area contributed by atoms with Gasteiger partial charge in [0.25, 0.3) is 0 Å². The van der Waals surface area contributed by atoms with Crippen LogP contribution >= 0.6 is 11.3 Å². The molecule has 0 bridgehead atoms. The fraction of sp³-hybridized carbons (Fsp3) is 0.0526. The lowest BCUT2D eigenvalue weighted by Crippen LogP contribution is -2.05. The number of carboxylic acid groups (broad SMARTS) is 1. The Kier molecular flexibility index (Phi) is 4.17. The summed E-state index contributed by atoms with van der Waals surface area (Å²) in [7, 11) is 0. The third-order valence-electron chi connectivity index (χ3n) is 3.94. The molecule has 134 valence electrons. The van der Waals surface area contributed by atoms with Crippen LogP contribution in [0.3, 0.4) is 0 Å². The summed E-state index contributed by atoms with van der Waals surface area (Å²) in [6.07, 6.45) is 0. The molecule has 8 heteroatoms. The number of hydrogen-bond donors (Lipinski definition) is 2. The summed E-state index contributed by atoms with van der Waals surface area (Å²) in [5, 5.41) is 19.4. The predicted molar refractivity (Wildman–Crippen MR) is 103 cm³/mol. The van der Waals surface area contributed by atoms with Gasteiger partial charge < -0.3 is 10.4 Å². The molecule has 0 saturated heterocycles. The molecule has 0 atom stereocenters. The van der Waals surface area contributed by atoms with Gasteiger partial charge in [-0.2, -0.15) is 5.10 Å². The summed E-state index contributed by atoms with van der Waals surface area (Å²) in [6, 6.07) is 15.2. The molecule has 4 aromatic rings. The number of nitrogens with one attached hydrogen (secondary N) is 1. The minimum absolute atomic E-state index is 0.0297. The van der Waals surface area contributed by atoms with Crippen LogP contribution in [0.5, 0.6) is 0 Å². The van der Waals surface area contributed by atoms with Gasteiger partial charge in [-0.3, -0.25) is 4.79 Å². The van der Waals surface area contributed by atoms with Crippen molar-refractivity contribution in [3.63, 3.8) is 0 Å². The molecule has 0 saturated carbocycles. The zero-order chi connectivity index (χ0) is 19.0. The number of rotatable bonds is 4. The third-order valence-corrected chi connectivity index (χ3v) is 4.76. The Bertz CT molecular complexity index is 1160. The molecular formula is C19H14N4O3S. The van der Waals surface area contributed by atoms with Crippen LogP contribution in [0, 0.1) is 0 Å². The smallest absolute Gasteiger partial charge is 0.355 e. The molecule has 2 N–H and O–H groups in total. The molecule has 2 heterocycles. The van der Waals surface area contributed by atoms with Gasteiger partial charge in [0.05, 0.1) is 5.52 Å². The number of amides is 1. The van der Waals surface area contributed by atoms with Crippen molar-refractivity contribution < 1.29 is 14.7 Å². The van der Waals surface area contributed by atoms with Gasteiger partial charge in [-0.1, -0.05) is 30.3 Å². The second-order valence-corrected chi connectivity index (χ2v) is 6.70. The number of aromatic nitrogens is 3. The first-order valence-corrected chi connectivity index (χ1v) is 8.96. The van der Waals surface area contributed by atoms with Gasteiger partial charge in [0.1, 0.15) is 5.69 Å². The summed E-state index contributed by atoms with van der Waals surface area (Å²) in [6.45, 7) is 1.44. The molecule has 1 amide bonds. The molecule has 0 unspecified atom stereocenters. The first-order valence-electron chi connectivity index (χ1n) is 8.08. The lowest BCUT2D eigenvalue weighted by Gasteiger charge is -2.03. The summed E-state index contributed by atoms with van der Waals surface area (Å²) < 4.78 is 1.61. The van der Waals surface area contributed by atoms with Gasteiger partial charge in [0.2, 0.25) is 11.0 Å². The Balaban J connectivity index is 1.94. The Morgan fingerprint density at radius 2 is 1.93 bits per heavy atom. The number of aromatic carboxylic acids is 1. The van der Waals surface area contributed by atoms with E-state index < -0.39 is 5.97 Å². The van der Waals surface area contributed by atoms with Crippen molar-refractivity contribution in [2.24, 2.45) is 0 Å². The lowest BCUT2D eigenvalue weighted by atomic mass is 10.1. The van der Waals surface area contributed by atoms with Crippen LogP contribution in [-0.2, 0) is 4.79 Å². The molecule has 0 aliphatic heterocycles. The number of anilines is 1. The van der Waals surface area contributed by atoms with E-state index in [2.05, 4.69) is 15.4 Å². The summed E-state index contributed by atoms with van der Waals surface area (Å²) in [5.41, 5.74) is 3.02. The molecule has 0 radical (unpaired) electrons.